The van der Waals surface area contributed by atoms with Gasteiger partial charge in [0.1, 0.15) is 11.6 Å². The summed E-state index contributed by atoms with van der Waals surface area (Å²) in [7, 11) is 1.50. The van der Waals surface area contributed by atoms with Crippen LogP contribution in [0.25, 0.3) is 0 Å². The Morgan fingerprint density at radius 1 is 1.42 bits per heavy atom. The van der Waals surface area contributed by atoms with Gasteiger partial charge >= 0.3 is 0 Å². The third kappa shape index (κ3) is 3.27. The average Bonchev–Trinajstić information content (AvgIpc) is 2.73. The van der Waals surface area contributed by atoms with Crippen molar-refractivity contribution in [3.8, 4) is 0 Å². The van der Waals surface area contributed by atoms with Crippen LogP contribution < -0.4 is 5.32 Å². The van der Waals surface area contributed by atoms with Gasteiger partial charge in [-0.2, -0.15) is 0 Å². The van der Waals surface area contributed by atoms with Crippen molar-refractivity contribution in [1.82, 2.24) is 10.2 Å². The smallest absolute Gasteiger partial charge is 0.253 e. The molecule has 1 atom stereocenters. The molecule has 0 radical (unpaired) electrons. The van der Waals surface area contributed by atoms with Crippen LogP contribution in [-0.2, 0) is 0 Å². The van der Waals surface area contributed by atoms with Crippen LogP contribution in [0.1, 0.15) is 16.8 Å². The second kappa shape index (κ2) is 5.22. The zero-order valence-electron chi connectivity index (χ0n) is 10.6. The maximum absolute atomic E-state index is 13.1. The number of hydrogen-bond donors (Lipinski definition) is 2. The zero-order valence-corrected chi connectivity index (χ0v) is 10.6. The lowest BCUT2D eigenvalue weighted by atomic mass is 10.0. The summed E-state index contributed by atoms with van der Waals surface area (Å²) >= 11 is 0. The highest BCUT2D eigenvalue weighted by molar-refractivity contribution is 5.94. The molecule has 0 spiro atoms. The first-order valence-electron chi connectivity index (χ1n) is 6.04. The van der Waals surface area contributed by atoms with E-state index >= 15 is 0 Å². The number of carbonyl (C=O) groups excluding carboxylic acids is 1. The summed E-state index contributed by atoms with van der Waals surface area (Å²) in [6, 6.07) is 2.68. The largest absolute Gasteiger partial charge is 0.387 e. The molecule has 6 heteroatoms. The van der Waals surface area contributed by atoms with Crippen LogP contribution >= 0.6 is 0 Å². The summed E-state index contributed by atoms with van der Waals surface area (Å²) in [6.07, 6.45) is 0.544. The molecule has 1 aromatic carbocycles. The van der Waals surface area contributed by atoms with E-state index in [1.807, 2.05) is 0 Å². The van der Waals surface area contributed by atoms with E-state index in [2.05, 4.69) is 5.32 Å². The van der Waals surface area contributed by atoms with Crippen molar-refractivity contribution in [2.24, 2.45) is 0 Å². The molecule has 1 fully saturated rings. The molecular weight excluding hydrogens is 254 g/mol. The van der Waals surface area contributed by atoms with E-state index in [1.165, 1.54) is 11.9 Å². The van der Waals surface area contributed by atoms with E-state index in [0.717, 1.165) is 12.1 Å². The van der Waals surface area contributed by atoms with Gasteiger partial charge in [0.15, 0.2) is 0 Å². The van der Waals surface area contributed by atoms with Gasteiger partial charge in [0, 0.05) is 25.2 Å². The van der Waals surface area contributed by atoms with E-state index in [1.54, 1.807) is 0 Å². The number of rotatable bonds is 3. The molecule has 1 aromatic rings. The molecular formula is C13H16F2N2O2. The maximum Gasteiger partial charge on any atom is 0.253 e. The molecule has 0 bridgehead atoms. The number of benzene rings is 1. The normalized spacial score (nSPS) is 22.5. The molecule has 2 rings (SSSR count). The number of aliphatic hydroxyl groups is 1. The number of hydrogen-bond acceptors (Lipinski definition) is 3. The summed E-state index contributed by atoms with van der Waals surface area (Å²) < 4.78 is 26.1. The van der Waals surface area contributed by atoms with Crippen LogP contribution in [0.15, 0.2) is 18.2 Å². The number of amides is 1. The van der Waals surface area contributed by atoms with Crippen molar-refractivity contribution >= 4 is 5.91 Å². The Balaban J connectivity index is 2.10. The van der Waals surface area contributed by atoms with Gasteiger partial charge in [0.25, 0.3) is 5.91 Å². The summed E-state index contributed by atoms with van der Waals surface area (Å²) in [5, 5.41) is 13.2. The van der Waals surface area contributed by atoms with Gasteiger partial charge in [-0.05, 0) is 25.1 Å². The molecule has 0 aliphatic carbocycles. The number of halogens is 2. The molecule has 1 aliphatic heterocycles. The Kier molecular flexibility index (Phi) is 3.82. The number of β-amino-alcohol motifs (C(OH)–C–C–N with tert-alkyl or cyclic N) is 1. The first-order valence-corrected chi connectivity index (χ1v) is 6.04. The minimum absolute atomic E-state index is 0.0606. The first-order chi connectivity index (χ1) is 8.89. The van der Waals surface area contributed by atoms with Crippen molar-refractivity contribution in [2.75, 3.05) is 26.7 Å². The fourth-order valence-corrected chi connectivity index (χ4v) is 2.28. The van der Waals surface area contributed by atoms with Crippen molar-refractivity contribution in [1.29, 1.82) is 0 Å². The summed E-state index contributed by atoms with van der Waals surface area (Å²) in [6.45, 7) is 1.21. The molecule has 1 amide bonds. The molecule has 1 aliphatic rings. The topological polar surface area (TPSA) is 52.6 Å². The van der Waals surface area contributed by atoms with Gasteiger partial charge in [-0.1, -0.05) is 0 Å². The Labute approximate surface area is 110 Å². The molecule has 2 N–H and O–H groups in total. The Bertz CT molecular complexity index is 467. The lowest BCUT2D eigenvalue weighted by Gasteiger charge is -2.28. The SMILES string of the molecule is CN(CC1(O)CCNC1)C(=O)c1cc(F)cc(F)c1. The standard InChI is InChI=1S/C13H16F2N2O2/c1-17(8-13(19)2-3-16-7-13)12(18)9-4-10(14)6-11(15)5-9/h4-6,16,19H,2-3,7-8H2,1H3. The molecule has 1 heterocycles. The van der Waals surface area contributed by atoms with Gasteiger partial charge < -0.3 is 15.3 Å². The fourth-order valence-electron chi connectivity index (χ4n) is 2.28. The molecule has 0 saturated carbocycles. The summed E-state index contributed by atoms with van der Waals surface area (Å²) in [4.78, 5) is 13.3. The molecule has 104 valence electrons. The molecule has 19 heavy (non-hydrogen) atoms. The predicted molar refractivity (Wildman–Crippen MR) is 65.8 cm³/mol. The van der Waals surface area contributed by atoms with Crippen molar-refractivity contribution in [3.05, 3.63) is 35.4 Å². The minimum Gasteiger partial charge on any atom is -0.387 e. The number of nitrogens with zero attached hydrogens (tertiary/aromatic N) is 1. The van der Waals surface area contributed by atoms with E-state index in [4.69, 9.17) is 0 Å². The molecule has 0 aromatic heterocycles. The Morgan fingerprint density at radius 2 is 2.05 bits per heavy atom. The maximum atomic E-state index is 13.1. The van der Waals surface area contributed by atoms with Crippen molar-refractivity contribution in [3.63, 3.8) is 0 Å². The van der Waals surface area contributed by atoms with Gasteiger partial charge in [0.05, 0.1) is 12.1 Å². The van der Waals surface area contributed by atoms with Crippen LogP contribution in [0.3, 0.4) is 0 Å². The monoisotopic (exact) mass is 270 g/mol. The molecule has 1 saturated heterocycles. The third-order valence-electron chi connectivity index (χ3n) is 3.21. The summed E-state index contributed by atoms with van der Waals surface area (Å²) in [5.74, 6) is -2.10. The lowest BCUT2D eigenvalue weighted by molar-refractivity contribution is 0.0252. The second-order valence-corrected chi connectivity index (χ2v) is 4.97. The third-order valence-corrected chi connectivity index (χ3v) is 3.21. The summed E-state index contributed by atoms with van der Waals surface area (Å²) in [5.41, 5.74) is -1.04. The van der Waals surface area contributed by atoms with Crippen LogP contribution in [0, 0.1) is 11.6 Å². The number of likely N-dealkylation sites (N-methyl/N-ethyl adjacent to an activating group) is 1. The average molecular weight is 270 g/mol. The quantitative estimate of drug-likeness (QED) is 0.852. The highest BCUT2D eigenvalue weighted by atomic mass is 19.1. The predicted octanol–water partition coefficient (Wildman–Crippen LogP) is 0.761. The van der Waals surface area contributed by atoms with Crippen LogP contribution in [0.2, 0.25) is 0 Å². The number of nitrogens with one attached hydrogen (secondary N) is 1. The highest BCUT2D eigenvalue weighted by Crippen LogP contribution is 2.17. The van der Waals surface area contributed by atoms with Crippen LogP contribution in [-0.4, -0.2) is 48.2 Å². The van der Waals surface area contributed by atoms with E-state index in [9.17, 15) is 18.7 Å². The van der Waals surface area contributed by atoms with Gasteiger partial charge in [-0.25, -0.2) is 8.78 Å². The minimum atomic E-state index is -0.976. The van der Waals surface area contributed by atoms with Crippen LogP contribution in [0.4, 0.5) is 8.78 Å². The fraction of sp³-hybridized carbons (Fsp3) is 0.462. The Morgan fingerprint density at radius 3 is 2.58 bits per heavy atom. The highest BCUT2D eigenvalue weighted by Gasteiger charge is 2.33. The lowest BCUT2D eigenvalue weighted by Crippen LogP contribution is -2.45. The van der Waals surface area contributed by atoms with E-state index in [0.29, 0.717) is 25.6 Å². The van der Waals surface area contributed by atoms with Crippen LogP contribution in [0.5, 0.6) is 0 Å². The van der Waals surface area contributed by atoms with Gasteiger partial charge in [-0.15, -0.1) is 0 Å². The van der Waals surface area contributed by atoms with Gasteiger partial charge in [0.2, 0.25) is 0 Å². The van der Waals surface area contributed by atoms with Crippen molar-refractivity contribution in [2.45, 2.75) is 12.0 Å². The van der Waals surface area contributed by atoms with E-state index in [-0.39, 0.29) is 12.1 Å². The second-order valence-electron chi connectivity index (χ2n) is 4.97. The van der Waals surface area contributed by atoms with Crippen molar-refractivity contribution < 1.29 is 18.7 Å². The van der Waals surface area contributed by atoms with Gasteiger partial charge in [-0.3, -0.25) is 4.79 Å². The number of carbonyl (C=O) groups is 1. The Hall–Kier alpha value is -1.53. The molecule has 1 unspecified atom stereocenters. The first kappa shape index (κ1) is 13.9. The molecule has 4 nitrogen and oxygen atoms in total. The zero-order chi connectivity index (χ0) is 14.0. The van der Waals surface area contributed by atoms with E-state index < -0.39 is 23.1 Å².